The van der Waals surface area contributed by atoms with Gasteiger partial charge in [-0.2, -0.15) is 0 Å². The molecule has 1 N–H and O–H groups in total. The van der Waals surface area contributed by atoms with Gasteiger partial charge in [0.05, 0.1) is 29.8 Å². The van der Waals surface area contributed by atoms with E-state index in [9.17, 15) is 0 Å². The van der Waals surface area contributed by atoms with Gasteiger partial charge in [0.2, 0.25) is 0 Å². The van der Waals surface area contributed by atoms with E-state index in [0.717, 1.165) is 33.5 Å². The maximum Gasteiger partial charge on any atom is 0.133 e. The zero-order chi connectivity index (χ0) is 19.2. The highest BCUT2D eigenvalue weighted by Crippen LogP contribution is 2.32. The van der Waals surface area contributed by atoms with Gasteiger partial charge in [-0.1, -0.05) is 18.2 Å². The van der Waals surface area contributed by atoms with Crippen molar-refractivity contribution in [2.75, 3.05) is 27.8 Å². The molecule has 132 valence electrons. The molecule has 0 fully saturated rings. The molecule has 0 saturated heterocycles. The van der Waals surface area contributed by atoms with Gasteiger partial charge in [-0.05, 0) is 52.7 Å². The summed E-state index contributed by atoms with van der Waals surface area (Å²) in [6.45, 7) is 1.19. The van der Waals surface area contributed by atoms with Crippen LogP contribution in [0.2, 0.25) is 0 Å². The van der Waals surface area contributed by atoms with Gasteiger partial charge in [0, 0.05) is 12.1 Å². The summed E-state index contributed by atoms with van der Waals surface area (Å²) in [5.41, 5.74) is 1.82. The Balaban J connectivity index is 0.00000364. The van der Waals surface area contributed by atoms with Crippen molar-refractivity contribution in [3.05, 3.63) is 52.0 Å². The highest BCUT2D eigenvalue weighted by molar-refractivity contribution is 9.10. The molecule has 6 heteroatoms. The largest absolute Gasteiger partial charge is 0.496 e. The molecule has 0 aliphatic heterocycles. The number of hydrogen-bond donors (Lipinski definition) is 1. The number of rotatable bonds is 8. The average Bonchev–Trinajstić information content (AvgIpc) is 2.59. The van der Waals surface area contributed by atoms with Crippen molar-refractivity contribution in [2.24, 2.45) is 0 Å². The van der Waals surface area contributed by atoms with Crippen LogP contribution >= 0.6 is 28.3 Å². The standard InChI is InChI=1S/C18H22BrNO3.ClH/c1-21-16-7-5-4-6-14(16)12-20-9-8-13-10-18(23-3)15(19)11-17(13)22-2;/h4-7,10-11,20H,8-9,12H2,1-3H3;1H/i1D3;. The highest BCUT2D eigenvalue weighted by atomic mass is 79.9. The van der Waals surface area contributed by atoms with Gasteiger partial charge in [-0.3, -0.25) is 0 Å². The van der Waals surface area contributed by atoms with E-state index < -0.39 is 7.04 Å². The van der Waals surface area contributed by atoms with Crippen LogP contribution in [0.1, 0.15) is 15.2 Å². The number of hydrogen-bond acceptors (Lipinski definition) is 4. The van der Waals surface area contributed by atoms with E-state index in [4.69, 9.17) is 18.3 Å². The first-order valence-electron chi connectivity index (χ1n) is 8.72. The van der Waals surface area contributed by atoms with Crippen molar-refractivity contribution in [1.82, 2.24) is 5.32 Å². The first kappa shape index (κ1) is 16.1. The fraction of sp³-hybridized carbons (Fsp3) is 0.333. The van der Waals surface area contributed by atoms with E-state index >= 15 is 0 Å². The second kappa shape index (κ2) is 10.4. The maximum atomic E-state index is 7.25. The molecule has 0 amide bonds. The topological polar surface area (TPSA) is 39.7 Å². The first-order valence-corrected chi connectivity index (χ1v) is 8.01. The quantitative estimate of drug-likeness (QED) is 0.650. The fourth-order valence-corrected chi connectivity index (χ4v) is 2.80. The van der Waals surface area contributed by atoms with Crippen LogP contribution in [0, 0.1) is 0 Å². The molecule has 0 unspecified atom stereocenters. The van der Waals surface area contributed by atoms with Crippen molar-refractivity contribution in [2.45, 2.75) is 13.0 Å². The number of methoxy groups -OCH3 is 3. The van der Waals surface area contributed by atoms with Gasteiger partial charge >= 0.3 is 0 Å². The molecule has 0 aromatic heterocycles. The Bertz CT molecular complexity index is 744. The van der Waals surface area contributed by atoms with Crippen molar-refractivity contribution in [1.29, 1.82) is 0 Å². The Kier molecular flexibility index (Phi) is 6.99. The van der Waals surface area contributed by atoms with Crippen LogP contribution in [0.4, 0.5) is 0 Å². The lowest BCUT2D eigenvalue weighted by Gasteiger charge is -2.13. The predicted molar refractivity (Wildman–Crippen MR) is 103 cm³/mol. The summed E-state index contributed by atoms with van der Waals surface area (Å²) in [5.74, 6) is 1.89. The summed E-state index contributed by atoms with van der Waals surface area (Å²) in [6.07, 6.45) is 0.731. The number of para-hydroxylation sites is 1. The molecule has 0 saturated carbocycles. The second-order valence-electron chi connectivity index (χ2n) is 4.94. The molecule has 24 heavy (non-hydrogen) atoms. The molecular weight excluding hydrogens is 394 g/mol. The summed E-state index contributed by atoms with van der Waals surface area (Å²) in [7, 11) is 0.793. The van der Waals surface area contributed by atoms with Gasteiger partial charge in [0.25, 0.3) is 0 Å². The lowest BCUT2D eigenvalue weighted by molar-refractivity contribution is 0.396. The number of nitrogens with one attached hydrogen (secondary N) is 1. The average molecular weight is 420 g/mol. The zero-order valence-electron chi connectivity index (χ0n) is 16.6. The Hall–Kier alpha value is -1.43. The summed E-state index contributed by atoms with van der Waals surface area (Å²) in [6, 6.07) is 10.9. The lowest BCUT2D eigenvalue weighted by atomic mass is 10.1. The number of benzene rings is 2. The Morgan fingerprint density at radius 1 is 1.00 bits per heavy atom. The van der Waals surface area contributed by atoms with Crippen molar-refractivity contribution in [3.63, 3.8) is 0 Å². The molecule has 2 aromatic rings. The number of halogens is 2. The van der Waals surface area contributed by atoms with E-state index in [1.165, 1.54) is 0 Å². The molecular formula is C18H23BrClNO3. The van der Waals surface area contributed by atoms with Gasteiger partial charge < -0.3 is 19.5 Å². The zero-order valence-corrected chi connectivity index (χ0v) is 16.0. The minimum Gasteiger partial charge on any atom is -0.496 e. The van der Waals surface area contributed by atoms with Crippen LogP contribution in [-0.4, -0.2) is 27.8 Å². The van der Waals surface area contributed by atoms with E-state index in [1.54, 1.807) is 26.4 Å². The third-order valence-corrected chi connectivity index (χ3v) is 4.14. The van der Waals surface area contributed by atoms with Crippen LogP contribution in [-0.2, 0) is 13.0 Å². The number of ether oxygens (including phenoxy) is 3. The molecule has 0 aliphatic rings. The summed E-state index contributed by atoms with van der Waals surface area (Å²) in [4.78, 5) is 0. The molecule has 2 rings (SSSR count). The summed E-state index contributed by atoms with van der Waals surface area (Å²) < 4.78 is 38.4. The monoisotopic (exact) mass is 418 g/mol. The summed E-state index contributed by atoms with van der Waals surface area (Å²) in [5, 5.41) is 3.31. The molecule has 0 aliphatic carbocycles. The molecule has 4 nitrogen and oxygen atoms in total. The third-order valence-electron chi connectivity index (χ3n) is 3.52. The third kappa shape index (κ3) is 5.30. The highest BCUT2D eigenvalue weighted by Gasteiger charge is 2.09. The molecule has 0 radical (unpaired) electrons. The van der Waals surface area contributed by atoms with E-state index in [2.05, 4.69) is 21.2 Å². The lowest BCUT2D eigenvalue weighted by Crippen LogP contribution is -2.17. The summed E-state index contributed by atoms with van der Waals surface area (Å²) >= 11 is 3.45. The van der Waals surface area contributed by atoms with E-state index in [1.807, 2.05) is 24.3 Å². The van der Waals surface area contributed by atoms with Crippen LogP contribution in [0.5, 0.6) is 17.2 Å². The second-order valence-corrected chi connectivity index (χ2v) is 5.79. The fourth-order valence-electron chi connectivity index (χ4n) is 2.31. The molecule has 0 spiro atoms. The smallest absolute Gasteiger partial charge is 0.133 e. The molecule has 0 bridgehead atoms. The minimum atomic E-state index is -2.46. The van der Waals surface area contributed by atoms with Crippen LogP contribution in [0.3, 0.4) is 0 Å². The van der Waals surface area contributed by atoms with Crippen molar-refractivity contribution < 1.29 is 18.3 Å². The molecule has 2 aromatic carbocycles. The van der Waals surface area contributed by atoms with E-state index in [0.29, 0.717) is 18.8 Å². The van der Waals surface area contributed by atoms with Gasteiger partial charge in [0.15, 0.2) is 0 Å². The molecule has 0 atom stereocenters. The Morgan fingerprint density at radius 3 is 2.46 bits per heavy atom. The first-order chi connectivity index (χ1) is 12.3. The van der Waals surface area contributed by atoms with Crippen LogP contribution in [0.25, 0.3) is 0 Å². The van der Waals surface area contributed by atoms with Crippen molar-refractivity contribution in [3.8, 4) is 17.2 Å². The van der Waals surface area contributed by atoms with Gasteiger partial charge in [0.1, 0.15) is 17.2 Å². The minimum absolute atomic E-state index is 0. The van der Waals surface area contributed by atoms with E-state index in [-0.39, 0.29) is 12.4 Å². The Morgan fingerprint density at radius 2 is 1.75 bits per heavy atom. The van der Waals surface area contributed by atoms with Gasteiger partial charge in [-0.15, -0.1) is 12.4 Å². The van der Waals surface area contributed by atoms with Crippen LogP contribution < -0.4 is 19.5 Å². The Labute approximate surface area is 162 Å². The van der Waals surface area contributed by atoms with Crippen molar-refractivity contribution >= 4 is 28.3 Å². The predicted octanol–water partition coefficient (Wildman–Crippen LogP) is 4.23. The van der Waals surface area contributed by atoms with Gasteiger partial charge in [-0.25, -0.2) is 0 Å². The maximum absolute atomic E-state index is 7.25. The SMILES string of the molecule is Cl.[2H]C([2H])([2H])Oc1ccccc1CNCCc1cc(OC)c(Br)cc1OC. The normalized spacial score (nSPS) is 12.4. The van der Waals surface area contributed by atoms with Crippen LogP contribution in [0.15, 0.2) is 40.9 Å². The molecule has 0 heterocycles.